The van der Waals surface area contributed by atoms with Crippen molar-refractivity contribution >= 4 is 17.8 Å². The molecule has 1 fully saturated rings. The van der Waals surface area contributed by atoms with Crippen molar-refractivity contribution in [1.82, 2.24) is 9.80 Å². The van der Waals surface area contributed by atoms with Crippen LogP contribution in [0.3, 0.4) is 0 Å². The maximum Gasteiger partial charge on any atom is 0.338 e. The largest absolute Gasteiger partial charge is 0.338 e. The highest BCUT2D eigenvalue weighted by molar-refractivity contribution is 6.20. The van der Waals surface area contributed by atoms with Crippen LogP contribution >= 0.6 is 0 Å². The van der Waals surface area contributed by atoms with E-state index in [4.69, 9.17) is 5.26 Å². The zero-order chi connectivity index (χ0) is 14.0. The highest BCUT2D eigenvalue weighted by Gasteiger charge is 2.42. The van der Waals surface area contributed by atoms with E-state index in [1.165, 1.54) is 19.2 Å². The summed E-state index contributed by atoms with van der Waals surface area (Å²) in [5.74, 6) is -1.30. The number of benzene rings is 1. The molecule has 0 aliphatic carbocycles. The number of nitriles is 1. The topological polar surface area (TPSA) is 81.5 Å². The highest BCUT2D eigenvalue weighted by atomic mass is 16.2. The molecule has 0 spiro atoms. The number of amides is 4. The van der Waals surface area contributed by atoms with Crippen LogP contribution in [-0.2, 0) is 4.79 Å². The number of nitrogens with zero attached hydrogens (tertiary/aromatic N) is 3. The Hall–Kier alpha value is -2.94. The van der Waals surface area contributed by atoms with Crippen LogP contribution in [0.25, 0.3) is 0 Å². The third-order valence-corrected chi connectivity index (χ3v) is 2.67. The zero-order valence-electron chi connectivity index (χ0n) is 10.0. The number of carbonyl (C=O) groups is 3. The monoisotopic (exact) mass is 255 g/mol. The average molecular weight is 255 g/mol. The molecular weight excluding hydrogens is 246 g/mol. The molecule has 0 aromatic heterocycles. The Morgan fingerprint density at radius 3 is 2.47 bits per heavy atom. The lowest BCUT2D eigenvalue weighted by molar-refractivity contribution is -0.122. The van der Waals surface area contributed by atoms with E-state index in [1.807, 2.05) is 0 Å². The molecule has 0 N–H and O–H groups in total. The number of rotatable bonds is 1. The zero-order valence-corrected chi connectivity index (χ0v) is 10.0. The second-order valence-electron chi connectivity index (χ2n) is 3.81. The van der Waals surface area contributed by atoms with E-state index in [9.17, 15) is 14.4 Å². The molecule has 0 saturated carbocycles. The summed E-state index contributed by atoms with van der Waals surface area (Å²) in [5, 5.41) is 8.64. The van der Waals surface area contributed by atoms with Crippen molar-refractivity contribution in [1.29, 1.82) is 5.26 Å². The summed E-state index contributed by atoms with van der Waals surface area (Å²) in [6.45, 7) is 0. The number of imide groups is 2. The molecular formula is C13H9N3O3. The van der Waals surface area contributed by atoms with Gasteiger partial charge in [0, 0.05) is 18.7 Å². The molecule has 94 valence electrons. The quantitative estimate of drug-likeness (QED) is 0.428. The maximum absolute atomic E-state index is 12.2. The number of likely N-dealkylation sites (N-methyl/N-ethyl adjacent to an activating group) is 1. The molecule has 1 saturated heterocycles. The van der Waals surface area contributed by atoms with Crippen LogP contribution < -0.4 is 0 Å². The van der Waals surface area contributed by atoms with Crippen LogP contribution in [0.4, 0.5) is 4.79 Å². The second-order valence-corrected chi connectivity index (χ2v) is 3.81. The van der Waals surface area contributed by atoms with Crippen molar-refractivity contribution in [2.24, 2.45) is 0 Å². The van der Waals surface area contributed by atoms with Gasteiger partial charge in [0.25, 0.3) is 11.8 Å². The summed E-state index contributed by atoms with van der Waals surface area (Å²) in [5.41, 5.74) is 0.0339. The lowest BCUT2D eigenvalue weighted by Gasteiger charge is -2.13. The highest BCUT2D eigenvalue weighted by Crippen LogP contribution is 2.22. The number of hydrogen-bond donors (Lipinski definition) is 0. The second kappa shape index (κ2) is 4.74. The van der Waals surface area contributed by atoms with Gasteiger partial charge in [-0.15, -0.1) is 0 Å². The fourth-order valence-electron chi connectivity index (χ4n) is 1.70. The Morgan fingerprint density at radius 2 is 1.89 bits per heavy atom. The van der Waals surface area contributed by atoms with E-state index < -0.39 is 17.8 Å². The molecule has 1 aromatic rings. The summed E-state index contributed by atoms with van der Waals surface area (Å²) in [6.07, 6.45) is 0.893. The first-order valence-electron chi connectivity index (χ1n) is 5.39. The van der Waals surface area contributed by atoms with E-state index in [0.29, 0.717) is 4.90 Å². The summed E-state index contributed by atoms with van der Waals surface area (Å²) >= 11 is 0. The first kappa shape index (κ1) is 12.5. The van der Waals surface area contributed by atoms with E-state index in [0.717, 1.165) is 11.0 Å². The molecule has 4 amide bonds. The minimum absolute atomic E-state index is 0.233. The van der Waals surface area contributed by atoms with Crippen molar-refractivity contribution in [3.63, 3.8) is 0 Å². The van der Waals surface area contributed by atoms with Crippen LogP contribution in [0.5, 0.6) is 0 Å². The van der Waals surface area contributed by atoms with Crippen molar-refractivity contribution in [3.8, 4) is 6.07 Å². The fourth-order valence-corrected chi connectivity index (χ4v) is 1.70. The average Bonchev–Trinajstić information content (AvgIpc) is 2.64. The van der Waals surface area contributed by atoms with Crippen molar-refractivity contribution in [3.05, 3.63) is 47.7 Å². The van der Waals surface area contributed by atoms with Gasteiger partial charge < -0.3 is 0 Å². The molecule has 6 heteroatoms. The van der Waals surface area contributed by atoms with Crippen molar-refractivity contribution < 1.29 is 14.4 Å². The van der Waals surface area contributed by atoms with E-state index in [1.54, 1.807) is 24.3 Å². The molecule has 0 radical (unpaired) electrons. The van der Waals surface area contributed by atoms with Gasteiger partial charge in [0.05, 0.1) is 6.07 Å². The summed E-state index contributed by atoms with van der Waals surface area (Å²) in [6, 6.07) is 8.98. The van der Waals surface area contributed by atoms with Gasteiger partial charge >= 0.3 is 6.03 Å². The maximum atomic E-state index is 12.2. The van der Waals surface area contributed by atoms with Gasteiger partial charge in [-0.25, -0.2) is 9.69 Å². The predicted molar refractivity (Wildman–Crippen MR) is 64.5 cm³/mol. The van der Waals surface area contributed by atoms with Crippen molar-refractivity contribution in [2.75, 3.05) is 7.05 Å². The van der Waals surface area contributed by atoms with Gasteiger partial charge in [-0.3, -0.25) is 14.5 Å². The fraction of sp³-hybridized carbons (Fsp3) is 0.0769. The summed E-state index contributed by atoms with van der Waals surface area (Å²) < 4.78 is 0. The SMILES string of the molecule is CN1C(=O)/C(=C/C#N)N(C(=O)c2ccccc2)C1=O. The Labute approximate surface area is 109 Å². The molecule has 1 aliphatic heterocycles. The first-order chi connectivity index (χ1) is 9.07. The van der Waals surface area contributed by atoms with Crippen LogP contribution in [0, 0.1) is 11.3 Å². The molecule has 0 bridgehead atoms. The lowest BCUT2D eigenvalue weighted by atomic mass is 10.2. The molecule has 0 unspecified atom stereocenters. The molecule has 1 aliphatic rings. The number of carbonyl (C=O) groups excluding carboxylic acids is 3. The third kappa shape index (κ3) is 1.98. The van der Waals surface area contributed by atoms with Gasteiger partial charge in [0.1, 0.15) is 5.70 Å². The normalized spacial score (nSPS) is 16.9. The summed E-state index contributed by atoms with van der Waals surface area (Å²) in [4.78, 5) is 37.3. The lowest BCUT2D eigenvalue weighted by Crippen LogP contribution is -2.34. The number of urea groups is 1. The minimum atomic E-state index is -0.764. The van der Waals surface area contributed by atoms with Crippen LogP contribution in [0.1, 0.15) is 10.4 Å². The van der Waals surface area contributed by atoms with Gasteiger partial charge in [-0.1, -0.05) is 18.2 Å². The van der Waals surface area contributed by atoms with E-state index >= 15 is 0 Å². The number of hydrogen-bond acceptors (Lipinski definition) is 4. The van der Waals surface area contributed by atoms with Gasteiger partial charge in [-0.2, -0.15) is 5.26 Å². The first-order valence-corrected chi connectivity index (χ1v) is 5.39. The Morgan fingerprint density at radius 1 is 1.26 bits per heavy atom. The molecule has 2 rings (SSSR count). The predicted octanol–water partition coefficient (Wildman–Crippen LogP) is 1.13. The van der Waals surface area contributed by atoms with Crippen LogP contribution in [0.2, 0.25) is 0 Å². The Bertz CT molecular complexity index is 628. The molecule has 19 heavy (non-hydrogen) atoms. The van der Waals surface area contributed by atoms with Crippen molar-refractivity contribution in [2.45, 2.75) is 0 Å². The number of allylic oxidation sites excluding steroid dienone is 1. The smallest absolute Gasteiger partial charge is 0.268 e. The molecule has 6 nitrogen and oxygen atoms in total. The molecule has 1 heterocycles. The van der Waals surface area contributed by atoms with Crippen LogP contribution in [-0.4, -0.2) is 34.7 Å². The Kier molecular flexibility index (Phi) is 3.12. The van der Waals surface area contributed by atoms with Gasteiger partial charge in [0.2, 0.25) is 0 Å². The van der Waals surface area contributed by atoms with Gasteiger partial charge in [0.15, 0.2) is 0 Å². The molecule has 1 aromatic carbocycles. The summed E-state index contributed by atoms with van der Waals surface area (Å²) in [7, 11) is 1.26. The standard InChI is InChI=1S/C13H9N3O3/c1-15-12(18)10(7-8-14)16(13(15)19)11(17)9-5-3-2-4-6-9/h2-7H,1H3/b10-7-. The van der Waals surface area contributed by atoms with Gasteiger partial charge in [-0.05, 0) is 12.1 Å². The molecule has 0 atom stereocenters. The van der Waals surface area contributed by atoms with E-state index in [2.05, 4.69) is 0 Å². The third-order valence-electron chi connectivity index (χ3n) is 2.67. The minimum Gasteiger partial charge on any atom is -0.268 e. The van der Waals surface area contributed by atoms with E-state index in [-0.39, 0.29) is 11.3 Å². The Balaban J connectivity index is 2.46. The van der Waals surface area contributed by atoms with Crippen LogP contribution in [0.15, 0.2) is 42.1 Å².